The van der Waals surface area contributed by atoms with Gasteiger partial charge in [-0.2, -0.15) is 0 Å². The molecular weight excluding hydrogens is 230 g/mol. The third-order valence-corrected chi connectivity index (χ3v) is 3.26. The molecule has 2 rings (SSSR count). The molecule has 1 N–H and O–H groups in total. The number of ether oxygens (including phenoxy) is 2. The second kappa shape index (κ2) is 6.92. The van der Waals surface area contributed by atoms with Crippen molar-refractivity contribution in [2.45, 2.75) is 45.9 Å². The van der Waals surface area contributed by atoms with Gasteiger partial charge in [0.1, 0.15) is 11.5 Å². The van der Waals surface area contributed by atoms with Crippen LogP contribution in [0.2, 0.25) is 0 Å². The highest BCUT2D eigenvalue weighted by molar-refractivity contribution is 5.19. The van der Waals surface area contributed by atoms with Crippen molar-refractivity contribution in [1.82, 2.24) is 5.32 Å². The smallest absolute Gasteiger partial charge is 0.118 e. The van der Waals surface area contributed by atoms with Gasteiger partial charge in [-0.05, 0) is 32.4 Å². The van der Waals surface area contributed by atoms with Crippen LogP contribution in [0.1, 0.15) is 36.8 Å². The summed E-state index contributed by atoms with van der Waals surface area (Å²) in [6.07, 6.45) is 2.34. The quantitative estimate of drug-likeness (QED) is 0.845. The summed E-state index contributed by atoms with van der Waals surface area (Å²) in [5, 5.41) is 3.26. The van der Waals surface area contributed by atoms with Crippen molar-refractivity contribution in [3.8, 4) is 0 Å². The number of hydrogen-bond acceptors (Lipinski definition) is 4. The molecule has 2 heterocycles. The van der Waals surface area contributed by atoms with Crippen LogP contribution >= 0.6 is 0 Å². The Morgan fingerprint density at radius 1 is 1.39 bits per heavy atom. The Kier molecular flexibility index (Phi) is 5.23. The lowest BCUT2D eigenvalue weighted by Crippen LogP contribution is -2.23. The van der Waals surface area contributed by atoms with Crippen LogP contribution in [-0.2, 0) is 22.6 Å². The van der Waals surface area contributed by atoms with Crippen molar-refractivity contribution in [2.75, 3.05) is 19.8 Å². The summed E-state index contributed by atoms with van der Waals surface area (Å²) < 4.78 is 16.9. The van der Waals surface area contributed by atoms with Crippen LogP contribution < -0.4 is 5.32 Å². The topological polar surface area (TPSA) is 43.6 Å². The van der Waals surface area contributed by atoms with Gasteiger partial charge in [0.25, 0.3) is 0 Å². The molecule has 4 heteroatoms. The van der Waals surface area contributed by atoms with E-state index in [0.717, 1.165) is 56.2 Å². The van der Waals surface area contributed by atoms with E-state index in [-0.39, 0.29) is 0 Å². The van der Waals surface area contributed by atoms with E-state index in [0.29, 0.717) is 12.7 Å². The number of aryl methyl sites for hydroxylation is 1. The molecule has 0 radical (unpaired) electrons. The fraction of sp³-hybridized carbons (Fsp3) is 0.714. The Labute approximate surface area is 109 Å². The highest BCUT2D eigenvalue weighted by Gasteiger charge is 2.15. The Hall–Kier alpha value is -0.840. The van der Waals surface area contributed by atoms with Gasteiger partial charge in [0.15, 0.2) is 0 Å². The van der Waals surface area contributed by atoms with E-state index in [4.69, 9.17) is 13.9 Å². The SMILES string of the molecule is CCNCc1cc(COC2CCOCC2)c(C)o1. The molecule has 0 aliphatic carbocycles. The largest absolute Gasteiger partial charge is 0.465 e. The predicted octanol–water partition coefficient (Wildman–Crippen LogP) is 2.39. The van der Waals surface area contributed by atoms with Crippen molar-refractivity contribution in [3.05, 3.63) is 23.2 Å². The predicted molar refractivity (Wildman–Crippen MR) is 69.5 cm³/mol. The number of furan rings is 1. The van der Waals surface area contributed by atoms with Crippen molar-refractivity contribution >= 4 is 0 Å². The molecule has 0 unspecified atom stereocenters. The zero-order valence-electron chi connectivity index (χ0n) is 11.3. The van der Waals surface area contributed by atoms with Crippen molar-refractivity contribution in [2.24, 2.45) is 0 Å². The number of rotatable bonds is 6. The van der Waals surface area contributed by atoms with Gasteiger partial charge < -0.3 is 19.2 Å². The molecule has 102 valence electrons. The fourth-order valence-electron chi connectivity index (χ4n) is 2.12. The van der Waals surface area contributed by atoms with Crippen LogP contribution in [0.25, 0.3) is 0 Å². The van der Waals surface area contributed by atoms with Gasteiger partial charge >= 0.3 is 0 Å². The first-order chi connectivity index (χ1) is 8.79. The second-order valence-electron chi connectivity index (χ2n) is 4.70. The molecule has 0 amide bonds. The minimum Gasteiger partial charge on any atom is -0.465 e. The van der Waals surface area contributed by atoms with Crippen molar-refractivity contribution in [1.29, 1.82) is 0 Å². The highest BCUT2D eigenvalue weighted by Crippen LogP contribution is 2.18. The van der Waals surface area contributed by atoms with Gasteiger partial charge in [0.05, 0.1) is 19.3 Å². The Morgan fingerprint density at radius 3 is 2.89 bits per heavy atom. The maximum Gasteiger partial charge on any atom is 0.118 e. The van der Waals surface area contributed by atoms with Gasteiger partial charge in [-0.15, -0.1) is 0 Å². The number of nitrogens with one attached hydrogen (secondary N) is 1. The van der Waals surface area contributed by atoms with Crippen LogP contribution in [0.5, 0.6) is 0 Å². The van der Waals surface area contributed by atoms with Gasteiger partial charge in [0.2, 0.25) is 0 Å². The van der Waals surface area contributed by atoms with E-state index in [1.165, 1.54) is 0 Å². The molecule has 1 saturated heterocycles. The van der Waals surface area contributed by atoms with E-state index < -0.39 is 0 Å². The summed E-state index contributed by atoms with van der Waals surface area (Å²) in [5.74, 6) is 1.95. The molecule has 0 atom stereocenters. The third kappa shape index (κ3) is 3.83. The molecular formula is C14H23NO3. The first-order valence-corrected chi connectivity index (χ1v) is 6.78. The first-order valence-electron chi connectivity index (χ1n) is 6.78. The summed E-state index contributed by atoms with van der Waals surface area (Å²) in [6, 6.07) is 2.09. The van der Waals surface area contributed by atoms with Crippen molar-refractivity contribution in [3.63, 3.8) is 0 Å². The molecule has 1 aliphatic heterocycles. The lowest BCUT2D eigenvalue weighted by atomic mass is 10.1. The molecule has 1 aromatic heterocycles. The Balaban J connectivity index is 1.82. The molecule has 18 heavy (non-hydrogen) atoms. The van der Waals surface area contributed by atoms with E-state index in [2.05, 4.69) is 18.3 Å². The van der Waals surface area contributed by atoms with Crippen LogP contribution in [0, 0.1) is 6.92 Å². The first kappa shape index (κ1) is 13.6. The third-order valence-electron chi connectivity index (χ3n) is 3.26. The van der Waals surface area contributed by atoms with E-state index in [1.807, 2.05) is 6.92 Å². The maximum atomic E-state index is 5.91. The second-order valence-corrected chi connectivity index (χ2v) is 4.70. The summed E-state index contributed by atoms with van der Waals surface area (Å²) in [7, 11) is 0. The van der Waals surface area contributed by atoms with Gasteiger partial charge in [-0.1, -0.05) is 6.92 Å². The Morgan fingerprint density at radius 2 is 2.17 bits per heavy atom. The van der Waals surface area contributed by atoms with E-state index in [9.17, 15) is 0 Å². The highest BCUT2D eigenvalue weighted by atomic mass is 16.5. The normalized spacial score (nSPS) is 17.2. The fourth-order valence-corrected chi connectivity index (χ4v) is 2.12. The lowest BCUT2D eigenvalue weighted by Gasteiger charge is -2.22. The molecule has 1 fully saturated rings. The summed E-state index contributed by atoms with van der Waals surface area (Å²) in [4.78, 5) is 0. The minimum atomic E-state index is 0.338. The average Bonchev–Trinajstić information content (AvgIpc) is 2.76. The molecule has 4 nitrogen and oxygen atoms in total. The zero-order valence-corrected chi connectivity index (χ0v) is 11.3. The van der Waals surface area contributed by atoms with Crippen LogP contribution in [-0.4, -0.2) is 25.9 Å². The van der Waals surface area contributed by atoms with Crippen LogP contribution in [0.4, 0.5) is 0 Å². The molecule has 0 saturated carbocycles. The summed E-state index contributed by atoms with van der Waals surface area (Å²) in [6.45, 7) is 8.11. The van der Waals surface area contributed by atoms with Crippen LogP contribution in [0.3, 0.4) is 0 Å². The molecule has 1 aliphatic rings. The average molecular weight is 253 g/mol. The lowest BCUT2D eigenvalue weighted by molar-refractivity contribution is -0.0393. The standard InChI is InChI=1S/C14H23NO3/c1-3-15-9-14-8-12(11(2)18-14)10-17-13-4-6-16-7-5-13/h8,13,15H,3-7,9-10H2,1-2H3. The van der Waals surface area contributed by atoms with Crippen LogP contribution in [0.15, 0.2) is 10.5 Å². The summed E-state index contributed by atoms with van der Waals surface area (Å²) in [5.41, 5.74) is 1.16. The maximum absolute atomic E-state index is 5.91. The van der Waals surface area contributed by atoms with Crippen molar-refractivity contribution < 1.29 is 13.9 Å². The monoisotopic (exact) mass is 253 g/mol. The molecule has 0 aromatic carbocycles. The minimum absolute atomic E-state index is 0.338. The molecule has 0 spiro atoms. The van der Waals surface area contributed by atoms with E-state index >= 15 is 0 Å². The molecule has 0 bridgehead atoms. The Bertz CT molecular complexity index is 356. The van der Waals surface area contributed by atoms with E-state index in [1.54, 1.807) is 0 Å². The van der Waals surface area contributed by atoms with Gasteiger partial charge in [-0.25, -0.2) is 0 Å². The zero-order chi connectivity index (χ0) is 12.8. The van der Waals surface area contributed by atoms with Gasteiger partial charge in [0, 0.05) is 18.8 Å². The summed E-state index contributed by atoms with van der Waals surface area (Å²) >= 11 is 0. The van der Waals surface area contributed by atoms with Gasteiger partial charge in [-0.3, -0.25) is 0 Å². The number of hydrogen-bond donors (Lipinski definition) is 1. The molecule has 1 aromatic rings.